The molecule has 7 aromatic carbocycles. The van der Waals surface area contributed by atoms with Crippen LogP contribution in [0, 0.1) is 23.7 Å². The van der Waals surface area contributed by atoms with Crippen LogP contribution in [-0.4, -0.2) is 0 Å². The van der Waals surface area contributed by atoms with Gasteiger partial charge in [-0.1, -0.05) is 141 Å². The summed E-state index contributed by atoms with van der Waals surface area (Å²) >= 11 is 0. The molecule has 5 saturated carbocycles. The molecule has 57 heavy (non-hydrogen) atoms. The van der Waals surface area contributed by atoms with Crippen molar-refractivity contribution in [3.8, 4) is 33.4 Å². The maximum Gasteiger partial charge on any atom is 0.0540 e. The third-order valence-electron chi connectivity index (χ3n) is 16.3. The van der Waals surface area contributed by atoms with E-state index in [2.05, 4.69) is 157 Å². The van der Waals surface area contributed by atoms with Gasteiger partial charge in [0, 0.05) is 27.6 Å². The van der Waals surface area contributed by atoms with E-state index >= 15 is 0 Å². The van der Waals surface area contributed by atoms with Crippen LogP contribution >= 0.6 is 0 Å². The lowest BCUT2D eigenvalue weighted by molar-refractivity contribution is 0.0618. The first-order chi connectivity index (χ1) is 28.2. The first-order valence-corrected chi connectivity index (χ1v) is 22.1. The third-order valence-corrected chi connectivity index (χ3v) is 16.3. The molecule has 7 aromatic rings. The Balaban J connectivity index is 1.05. The van der Waals surface area contributed by atoms with Crippen LogP contribution in [0.15, 0.2) is 152 Å². The zero-order valence-corrected chi connectivity index (χ0v) is 32.8. The average Bonchev–Trinajstić information content (AvgIpc) is 3.90. The SMILES string of the molecule is c1ccc(-c2ccc(N(c3ccc4c(c3)-c3ccccc3C43CCCC3)c3ccc4c(c3)-c3ccccc3C43C4CCC5CC(C4)CC3C5)c3ccccc23)cc1. The monoisotopic (exact) mass is 735 g/mol. The maximum absolute atomic E-state index is 2.61. The van der Waals surface area contributed by atoms with Gasteiger partial charge in [-0.3, -0.25) is 0 Å². The summed E-state index contributed by atoms with van der Waals surface area (Å²) in [6.07, 6.45) is 13.6. The molecule has 0 aliphatic heterocycles. The van der Waals surface area contributed by atoms with Crippen LogP contribution in [0.4, 0.5) is 17.1 Å². The molecule has 0 amide bonds. The van der Waals surface area contributed by atoms with Crippen LogP contribution in [0.3, 0.4) is 0 Å². The Morgan fingerprint density at radius 1 is 0.421 bits per heavy atom. The normalized spacial score (nSPS) is 25.4. The molecule has 1 nitrogen and oxygen atoms in total. The second-order valence-corrected chi connectivity index (χ2v) is 18.7. The lowest BCUT2D eigenvalue weighted by Crippen LogP contribution is -2.48. The highest BCUT2D eigenvalue weighted by Crippen LogP contribution is 2.68. The molecule has 2 spiro atoms. The zero-order chi connectivity index (χ0) is 37.3. The Kier molecular flexibility index (Phi) is 6.91. The van der Waals surface area contributed by atoms with Gasteiger partial charge >= 0.3 is 0 Å². The van der Waals surface area contributed by atoms with Gasteiger partial charge in [-0.15, -0.1) is 0 Å². The van der Waals surface area contributed by atoms with Crippen molar-refractivity contribution in [2.24, 2.45) is 23.7 Å². The van der Waals surface area contributed by atoms with Gasteiger partial charge in [0.05, 0.1) is 5.69 Å². The molecule has 1 heteroatoms. The average molecular weight is 736 g/mol. The van der Waals surface area contributed by atoms with Gasteiger partial charge in [0.15, 0.2) is 0 Å². The molecule has 0 N–H and O–H groups in total. The molecule has 0 saturated heterocycles. The smallest absolute Gasteiger partial charge is 0.0540 e. The fraction of sp³-hybridized carbons (Fsp3) is 0.286. The van der Waals surface area contributed by atoms with Crippen LogP contribution < -0.4 is 4.90 Å². The quantitative estimate of drug-likeness (QED) is 0.174. The van der Waals surface area contributed by atoms with Gasteiger partial charge in [0.1, 0.15) is 0 Å². The number of hydrogen-bond acceptors (Lipinski definition) is 1. The van der Waals surface area contributed by atoms with Gasteiger partial charge in [-0.25, -0.2) is 0 Å². The van der Waals surface area contributed by atoms with Crippen molar-refractivity contribution in [1.82, 2.24) is 0 Å². The van der Waals surface area contributed by atoms with Crippen molar-refractivity contribution in [3.05, 3.63) is 174 Å². The van der Waals surface area contributed by atoms with Crippen LogP contribution in [0.2, 0.25) is 0 Å². The van der Waals surface area contributed by atoms with Crippen molar-refractivity contribution in [1.29, 1.82) is 0 Å². The molecule has 7 aliphatic carbocycles. The van der Waals surface area contributed by atoms with Crippen LogP contribution in [0.25, 0.3) is 44.2 Å². The standard InChI is InChI=1S/C56H49N/c1-2-12-38(13-3-1)43-24-27-54(47-17-5-4-14-44(43)47)57(41-22-25-51-48(34-41)45-15-6-8-18-50(45)55(51)28-10-11-29-55)42-23-26-53-49(35-42)46-16-7-9-19-52(46)56(53)39-21-20-36-30-37(32-39)33-40(56)31-36/h1-9,12-19,22-27,34-37,39-40H,10-11,20-21,28-33H2. The molecule has 0 aromatic heterocycles. The summed E-state index contributed by atoms with van der Waals surface area (Å²) in [5, 5.41) is 2.57. The van der Waals surface area contributed by atoms with Crippen molar-refractivity contribution in [2.75, 3.05) is 4.90 Å². The summed E-state index contributed by atoms with van der Waals surface area (Å²) in [7, 11) is 0. The second kappa shape index (κ2) is 12.1. The number of anilines is 3. The topological polar surface area (TPSA) is 3.24 Å². The summed E-state index contributed by atoms with van der Waals surface area (Å²) in [5.41, 5.74) is 18.7. The van der Waals surface area contributed by atoms with E-state index in [0.717, 1.165) is 23.7 Å². The first-order valence-electron chi connectivity index (χ1n) is 22.1. The Morgan fingerprint density at radius 3 is 1.82 bits per heavy atom. The van der Waals surface area contributed by atoms with Gasteiger partial charge in [-0.2, -0.15) is 0 Å². The fourth-order valence-corrected chi connectivity index (χ4v) is 14.3. The highest BCUT2D eigenvalue weighted by atomic mass is 15.1. The fourth-order valence-electron chi connectivity index (χ4n) is 14.3. The molecular weight excluding hydrogens is 687 g/mol. The minimum atomic E-state index is 0.151. The van der Waals surface area contributed by atoms with Crippen LogP contribution in [0.1, 0.15) is 86.5 Å². The van der Waals surface area contributed by atoms with E-state index in [-0.39, 0.29) is 10.8 Å². The van der Waals surface area contributed by atoms with Crippen molar-refractivity contribution < 1.29 is 0 Å². The number of nitrogens with zero attached hydrogens (tertiary/aromatic N) is 1. The summed E-state index contributed by atoms with van der Waals surface area (Å²) < 4.78 is 0. The predicted molar refractivity (Wildman–Crippen MR) is 237 cm³/mol. The highest BCUT2D eigenvalue weighted by Gasteiger charge is 2.59. The lowest BCUT2D eigenvalue weighted by Gasteiger charge is -2.53. The molecule has 0 heterocycles. The Morgan fingerprint density at radius 2 is 1.02 bits per heavy atom. The van der Waals surface area contributed by atoms with Crippen LogP contribution in [-0.2, 0) is 10.8 Å². The largest absolute Gasteiger partial charge is 0.310 e. The molecule has 7 aliphatic rings. The number of rotatable bonds is 4. The number of benzene rings is 7. The van der Waals surface area contributed by atoms with Crippen molar-refractivity contribution >= 4 is 27.8 Å². The highest BCUT2D eigenvalue weighted by molar-refractivity contribution is 6.06. The van der Waals surface area contributed by atoms with Gasteiger partial charge in [0.2, 0.25) is 0 Å². The van der Waals surface area contributed by atoms with E-state index in [1.807, 2.05) is 0 Å². The minimum Gasteiger partial charge on any atom is -0.310 e. The number of fused-ring (bicyclic) bond motifs is 10. The minimum absolute atomic E-state index is 0.151. The summed E-state index contributed by atoms with van der Waals surface area (Å²) in [6, 6.07) is 58.9. The van der Waals surface area contributed by atoms with E-state index in [1.165, 1.54) is 131 Å². The van der Waals surface area contributed by atoms with Crippen molar-refractivity contribution in [2.45, 2.75) is 75.0 Å². The first kappa shape index (κ1) is 32.7. The summed E-state index contributed by atoms with van der Waals surface area (Å²) in [6.45, 7) is 0. The molecule has 5 unspecified atom stereocenters. The van der Waals surface area contributed by atoms with E-state index in [1.54, 1.807) is 16.7 Å². The second-order valence-electron chi connectivity index (χ2n) is 18.7. The molecule has 0 radical (unpaired) electrons. The molecule has 5 atom stereocenters. The van der Waals surface area contributed by atoms with E-state index in [9.17, 15) is 0 Å². The molecule has 14 rings (SSSR count). The van der Waals surface area contributed by atoms with E-state index in [4.69, 9.17) is 0 Å². The molecule has 4 bridgehead atoms. The third kappa shape index (κ3) is 4.41. The van der Waals surface area contributed by atoms with Gasteiger partial charge in [0.25, 0.3) is 0 Å². The van der Waals surface area contributed by atoms with E-state index in [0.29, 0.717) is 0 Å². The van der Waals surface area contributed by atoms with Crippen molar-refractivity contribution in [3.63, 3.8) is 0 Å². The molecule has 5 fully saturated rings. The Labute approximate surface area is 337 Å². The van der Waals surface area contributed by atoms with Gasteiger partial charge in [-0.05, 0) is 160 Å². The van der Waals surface area contributed by atoms with Crippen LogP contribution in [0.5, 0.6) is 0 Å². The van der Waals surface area contributed by atoms with Gasteiger partial charge < -0.3 is 4.90 Å². The van der Waals surface area contributed by atoms with E-state index < -0.39 is 0 Å². The molecular formula is C56H49N. The Bertz CT molecular complexity index is 2740. The summed E-state index contributed by atoms with van der Waals surface area (Å²) in [5.74, 6) is 3.34. The predicted octanol–water partition coefficient (Wildman–Crippen LogP) is 14.9. The zero-order valence-electron chi connectivity index (χ0n) is 32.8. The lowest BCUT2D eigenvalue weighted by atomic mass is 9.51. The Hall–Kier alpha value is -5.40. The molecule has 278 valence electrons. The number of hydrogen-bond donors (Lipinski definition) is 0. The summed E-state index contributed by atoms with van der Waals surface area (Å²) in [4.78, 5) is 2.61. The maximum atomic E-state index is 2.61.